The Balaban J connectivity index is 2.09. The quantitative estimate of drug-likeness (QED) is 0.0986. The summed E-state index contributed by atoms with van der Waals surface area (Å²) in [5.74, 6) is 0.865. The molecule has 3 aromatic rings. The fourth-order valence-corrected chi connectivity index (χ4v) is 7.63. The number of allylic oxidation sites excluding steroid dienone is 1. The Bertz CT molecular complexity index is 1370. The summed E-state index contributed by atoms with van der Waals surface area (Å²) in [5.41, 5.74) is 7.06. The molecule has 6 nitrogen and oxygen atoms in total. The molecule has 0 amide bonds. The maximum atomic E-state index is 6.08. The molecule has 1 aromatic heterocycles. The summed E-state index contributed by atoms with van der Waals surface area (Å²) >= 11 is 0. The number of benzene rings is 2. The second-order valence-corrected chi connectivity index (χ2v) is 15.3. The summed E-state index contributed by atoms with van der Waals surface area (Å²) in [6.45, 7) is 15.4. The maximum absolute atomic E-state index is 6.08. The number of para-hydroxylation sites is 1. The number of ether oxygens (including phenoxy) is 1. The van der Waals surface area contributed by atoms with Gasteiger partial charge in [-0.15, -0.1) is 10.7 Å². The fourth-order valence-electron chi connectivity index (χ4n) is 5.49. The molecule has 0 saturated carbocycles. The molecule has 3 N–H and O–H groups in total. The first kappa shape index (κ1) is 35.2. The molecule has 0 bridgehead atoms. The maximum Gasteiger partial charge on any atom is 0.166 e. The zero-order valence-electron chi connectivity index (χ0n) is 28.1. The first-order valence-corrected chi connectivity index (χ1v) is 19.6. The van der Waals surface area contributed by atoms with Gasteiger partial charge in [0.25, 0.3) is 0 Å². The lowest BCUT2D eigenvalue weighted by atomic mass is 10.1. The Kier molecular flexibility index (Phi) is 14.6. The predicted octanol–water partition coefficient (Wildman–Crippen LogP) is 8.07. The molecule has 2 atom stereocenters. The van der Waals surface area contributed by atoms with Gasteiger partial charge in [-0.3, -0.25) is 4.90 Å². The lowest BCUT2D eigenvalue weighted by molar-refractivity contribution is 0.263. The number of nitrogens with one attached hydrogen (secondary N) is 3. The molecule has 0 aliphatic carbocycles. The molecule has 0 spiro atoms. The lowest BCUT2D eigenvalue weighted by Gasteiger charge is -2.23. The highest BCUT2D eigenvalue weighted by Gasteiger charge is 2.19. The van der Waals surface area contributed by atoms with E-state index in [1.807, 2.05) is 7.05 Å². The van der Waals surface area contributed by atoms with E-state index in [9.17, 15) is 0 Å². The summed E-state index contributed by atoms with van der Waals surface area (Å²) in [5, 5.41) is 12.2. The SMILES string of the molecule is CC/C=C(\Nc1cc(P(C)CC)cc(N/S(C)=C/CC)c1OC)c1cc2cccc(CN(CCCC)CCNC)c2n1C. The van der Waals surface area contributed by atoms with Crippen molar-refractivity contribution in [2.45, 2.75) is 59.9 Å². The number of unbranched alkanes of at least 4 members (excludes halogenated alkanes) is 1. The topological polar surface area (TPSA) is 53.5 Å². The van der Waals surface area contributed by atoms with Crippen LogP contribution in [0, 0.1) is 0 Å². The lowest BCUT2D eigenvalue weighted by Crippen LogP contribution is -2.31. The largest absolute Gasteiger partial charge is 0.492 e. The summed E-state index contributed by atoms with van der Waals surface area (Å²) in [4.78, 5) is 2.59. The third-order valence-corrected chi connectivity index (χ3v) is 11.3. The van der Waals surface area contributed by atoms with Crippen LogP contribution in [0.2, 0.25) is 0 Å². The Morgan fingerprint density at radius 3 is 2.49 bits per heavy atom. The summed E-state index contributed by atoms with van der Waals surface area (Å²) < 4.78 is 12.2. The van der Waals surface area contributed by atoms with E-state index in [-0.39, 0.29) is 18.6 Å². The Hall–Kier alpha value is -2.31. The van der Waals surface area contributed by atoms with Gasteiger partial charge in [0.05, 0.1) is 35.4 Å². The predicted molar refractivity (Wildman–Crippen MR) is 198 cm³/mol. The van der Waals surface area contributed by atoms with Crippen LogP contribution in [0.15, 0.2) is 42.5 Å². The van der Waals surface area contributed by atoms with Crippen LogP contribution in [0.25, 0.3) is 16.6 Å². The molecule has 8 heteroatoms. The first-order chi connectivity index (χ1) is 20.8. The second kappa shape index (κ2) is 17.9. The van der Waals surface area contributed by atoms with E-state index in [1.165, 1.54) is 40.3 Å². The van der Waals surface area contributed by atoms with Crippen molar-refractivity contribution in [1.82, 2.24) is 14.8 Å². The molecule has 1 heterocycles. The van der Waals surface area contributed by atoms with E-state index in [4.69, 9.17) is 4.74 Å². The molecule has 2 aromatic carbocycles. The second-order valence-electron chi connectivity index (χ2n) is 11.2. The average Bonchev–Trinajstić information content (AvgIpc) is 3.34. The number of hydrogen-bond donors (Lipinski definition) is 3. The zero-order chi connectivity index (χ0) is 31.4. The minimum atomic E-state index is -0.265. The number of anilines is 2. The van der Waals surface area contributed by atoms with Gasteiger partial charge in [-0.2, -0.15) is 0 Å². The molecule has 3 rings (SSSR count). The van der Waals surface area contributed by atoms with E-state index in [0.717, 1.165) is 68.0 Å². The van der Waals surface area contributed by atoms with Crippen molar-refractivity contribution in [3.63, 3.8) is 0 Å². The van der Waals surface area contributed by atoms with E-state index in [0.29, 0.717) is 0 Å². The summed E-state index contributed by atoms with van der Waals surface area (Å²) in [6.07, 6.45) is 10.1. The van der Waals surface area contributed by atoms with Gasteiger partial charge in [0, 0.05) is 32.1 Å². The molecule has 0 saturated heterocycles. The van der Waals surface area contributed by atoms with Crippen LogP contribution in [0.4, 0.5) is 11.4 Å². The van der Waals surface area contributed by atoms with Crippen molar-refractivity contribution in [2.24, 2.45) is 7.05 Å². The molecule has 2 unspecified atom stereocenters. The highest BCUT2D eigenvalue weighted by molar-refractivity contribution is 8.15. The van der Waals surface area contributed by atoms with Crippen molar-refractivity contribution in [2.75, 3.05) is 62.9 Å². The molecule has 0 aliphatic heterocycles. The Morgan fingerprint density at radius 2 is 1.84 bits per heavy atom. The standard InChI is InChI=1S/C35H56N5OPS/c1-10-14-20-40(21-19-36-5)26-28-18-15-17-27-23-33(39(6)34(27)28)30(16-11-2)37-31-24-29(42(8)13-4)25-32(35(31)41-7)38-43(9)22-12-3/h15-18,22-25,36-38H,10-14,19-21,26H2,1-9H3/b30-16-. The Labute approximate surface area is 265 Å². The molecular formula is C35H56N5OPS. The minimum absolute atomic E-state index is 0.0458. The van der Waals surface area contributed by atoms with E-state index >= 15 is 0 Å². The third-order valence-electron chi connectivity index (χ3n) is 7.87. The van der Waals surface area contributed by atoms with Crippen LogP contribution in [0.3, 0.4) is 0 Å². The van der Waals surface area contributed by atoms with E-state index in [2.05, 4.69) is 120 Å². The van der Waals surface area contributed by atoms with Crippen LogP contribution in [-0.4, -0.2) is 67.7 Å². The number of nitrogens with zero attached hydrogens (tertiary/aromatic N) is 2. The van der Waals surface area contributed by atoms with Crippen LogP contribution >= 0.6 is 18.6 Å². The Morgan fingerprint density at radius 1 is 1.07 bits per heavy atom. The fraction of sp³-hybridized carbons (Fsp3) is 0.514. The molecule has 0 aliphatic rings. The minimum Gasteiger partial charge on any atom is -0.492 e. The average molecular weight is 626 g/mol. The molecule has 0 fully saturated rings. The number of methoxy groups -OCH3 is 1. The highest BCUT2D eigenvalue weighted by Crippen LogP contribution is 2.41. The van der Waals surface area contributed by atoms with Crippen LogP contribution in [0.1, 0.15) is 64.6 Å². The van der Waals surface area contributed by atoms with Gasteiger partial charge in [-0.25, -0.2) is 0 Å². The van der Waals surface area contributed by atoms with Crippen molar-refractivity contribution in [3.05, 3.63) is 53.7 Å². The molecular weight excluding hydrogens is 569 g/mol. The summed E-state index contributed by atoms with van der Waals surface area (Å²) in [6, 6.07) is 13.7. The molecule has 238 valence electrons. The van der Waals surface area contributed by atoms with Crippen molar-refractivity contribution in [3.8, 4) is 5.75 Å². The van der Waals surface area contributed by atoms with Gasteiger partial charge >= 0.3 is 0 Å². The zero-order valence-corrected chi connectivity index (χ0v) is 29.9. The highest BCUT2D eigenvalue weighted by atomic mass is 32.2. The van der Waals surface area contributed by atoms with Gasteiger partial charge in [0.1, 0.15) is 0 Å². The first-order valence-electron chi connectivity index (χ1n) is 15.9. The van der Waals surface area contributed by atoms with E-state index < -0.39 is 0 Å². The van der Waals surface area contributed by atoms with Gasteiger partial charge in [-0.1, -0.05) is 66.3 Å². The van der Waals surface area contributed by atoms with Gasteiger partial charge < -0.3 is 24.7 Å². The van der Waals surface area contributed by atoms with E-state index in [1.54, 1.807) is 7.11 Å². The third kappa shape index (κ3) is 9.34. The number of likely N-dealkylation sites (N-methyl/N-ethyl adjacent to an activating group) is 1. The van der Waals surface area contributed by atoms with Crippen molar-refractivity contribution in [1.29, 1.82) is 0 Å². The number of fused-ring (bicyclic) bond motifs is 1. The van der Waals surface area contributed by atoms with Crippen molar-refractivity contribution >= 4 is 57.2 Å². The number of aryl methyl sites for hydroxylation is 1. The number of aromatic nitrogens is 1. The van der Waals surface area contributed by atoms with Crippen molar-refractivity contribution < 1.29 is 4.74 Å². The normalized spacial score (nSPS) is 13.6. The monoisotopic (exact) mass is 625 g/mol. The van der Waals surface area contributed by atoms with Crippen LogP contribution in [0.5, 0.6) is 5.75 Å². The van der Waals surface area contributed by atoms with Crippen LogP contribution in [-0.2, 0) is 13.6 Å². The smallest absolute Gasteiger partial charge is 0.166 e. The van der Waals surface area contributed by atoms with Crippen LogP contribution < -0.4 is 25.4 Å². The number of rotatable bonds is 18. The number of hydrogen-bond acceptors (Lipinski definition) is 5. The van der Waals surface area contributed by atoms with Gasteiger partial charge in [0.15, 0.2) is 5.75 Å². The molecule has 43 heavy (non-hydrogen) atoms. The summed E-state index contributed by atoms with van der Waals surface area (Å²) in [7, 11) is 5.72. The van der Waals surface area contributed by atoms with Gasteiger partial charge in [0.2, 0.25) is 0 Å². The van der Waals surface area contributed by atoms with Gasteiger partial charge in [-0.05, 0) is 86.4 Å². The molecule has 0 radical (unpaired) electrons.